The number of hydrogen-bond donors (Lipinski definition) is 1. The summed E-state index contributed by atoms with van der Waals surface area (Å²) in [6, 6.07) is 0. The molecule has 33 heavy (non-hydrogen) atoms. The van der Waals surface area contributed by atoms with Crippen LogP contribution in [0.15, 0.2) is 23.8 Å². The molecule has 0 aromatic rings. The Morgan fingerprint density at radius 3 is 2.55 bits per heavy atom. The third-order valence-corrected chi connectivity index (χ3v) is 10.3. The highest BCUT2D eigenvalue weighted by atomic mass is 16.5. The molecule has 0 aromatic carbocycles. The van der Waals surface area contributed by atoms with E-state index >= 15 is 0 Å². The van der Waals surface area contributed by atoms with Crippen LogP contribution < -0.4 is 0 Å². The lowest BCUT2D eigenvalue weighted by Gasteiger charge is -2.58. The number of hydrogen-bond acceptors (Lipinski definition) is 4. The van der Waals surface area contributed by atoms with Crippen LogP contribution in [-0.4, -0.2) is 29.1 Å². The number of ketones is 1. The smallest absolute Gasteiger partial charge is 0.302 e. The zero-order valence-corrected chi connectivity index (χ0v) is 21.4. The number of carbonyl (C=O) groups is 2. The quantitative estimate of drug-likeness (QED) is 0.391. The molecule has 4 aliphatic carbocycles. The first-order valence-electron chi connectivity index (χ1n) is 13.2. The van der Waals surface area contributed by atoms with Crippen LogP contribution >= 0.6 is 0 Å². The van der Waals surface area contributed by atoms with Crippen molar-refractivity contribution in [3.63, 3.8) is 0 Å². The first kappa shape index (κ1) is 24.7. The van der Waals surface area contributed by atoms with Crippen molar-refractivity contribution in [1.82, 2.24) is 0 Å². The van der Waals surface area contributed by atoms with Crippen LogP contribution in [0, 0.1) is 40.4 Å². The Labute approximate surface area is 200 Å². The molecule has 4 nitrogen and oxygen atoms in total. The SMILES string of the molecule is C=C([C@H](O)CC(=O)C(C)C)[C@H]1CC[C@H]2[C@@H]3CC=C4CC(OC(C)=O)CC[C@]4(C)[C@H]3CC[C@]12C. The van der Waals surface area contributed by atoms with E-state index in [2.05, 4.69) is 26.5 Å². The van der Waals surface area contributed by atoms with Crippen molar-refractivity contribution in [3.8, 4) is 0 Å². The topological polar surface area (TPSA) is 63.6 Å². The van der Waals surface area contributed by atoms with Gasteiger partial charge in [-0.1, -0.05) is 45.9 Å². The highest BCUT2D eigenvalue weighted by molar-refractivity contribution is 5.81. The van der Waals surface area contributed by atoms with Crippen molar-refractivity contribution < 1.29 is 19.4 Å². The second-order valence-electron chi connectivity index (χ2n) is 12.3. The largest absolute Gasteiger partial charge is 0.462 e. The van der Waals surface area contributed by atoms with Crippen molar-refractivity contribution in [3.05, 3.63) is 23.8 Å². The summed E-state index contributed by atoms with van der Waals surface area (Å²) in [4.78, 5) is 23.7. The van der Waals surface area contributed by atoms with E-state index in [1.807, 2.05) is 13.8 Å². The van der Waals surface area contributed by atoms with Crippen LogP contribution in [0.5, 0.6) is 0 Å². The maximum atomic E-state index is 12.2. The number of rotatable bonds is 6. The second kappa shape index (κ2) is 8.98. The summed E-state index contributed by atoms with van der Waals surface area (Å²) in [5.41, 5.74) is 2.80. The van der Waals surface area contributed by atoms with E-state index < -0.39 is 6.10 Å². The summed E-state index contributed by atoms with van der Waals surface area (Å²) in [5.74, 6) is 2.22. The molecule has 4 aliphatic rings. The van der Waals surface area contributed by atoms with E-state index in [0.29, 0.717) is 23.7 Å². The molecule has 3 saturated carbocycles. The van der Waals surface area contributed by atoms with E-state index in [1.165, 1.54) is 31.8 Å². The van der Waals surface area contributed by atoms with Crippen LogP contribution in [-0.2, 0) is 14.3 Å². The van der Waals surface area contributed by atoms with Gasteiger partial charge in [0.1, 0.15) is 11.9 Å². The zero-order chi connectivity index (χ0) is 24.1. The number of ether oxygens (including phenoxy) is 1. The molecule has 0 heterocycles. The average Bonchev–Trinajstić information content (AvgIpc) is 3.10. The summed E-state index contributed by atoms with van der Waals surface area (Å²) in [7, 11) is 0. The van der Waals surface area contributed by atoms with Crippen molar-refractivity contribution in [1.29, 1.82) is 0 Å². The molecule has 4 heteroatoms. The monoisotopic (exact) mass is 456 g/mol. The molecule has 0 spiro atoms. The molecule has 0 aromatic heterocycles. The highest BCUT2D eigenvalue weighted by Crippen LogP contribution is 2.67. The van der Waals surface area contributed by atoms with E-state index in [9.17, 15) is 14.7 Å². The standard InChI is InChI=1S/C29H44O4/c1-17(2)26(31)16-27(32)18(3)23-9-10-24-22-8-7-20-15-21(33-19(4)30)11-13-28(20,5)25(22)12-14-29(23,24)6/h7,17,21-25,27,32H,3,8-16H2,1-2,4-6H3/t21?,22-,23+,24-,25-,27+,28-,29+/m0/s1. The van der Waals surface area contributed by atoms with E-state index in [0.717, 1.165) is 37.7 Å². The van der Waals surface area contributed by atoms with Crippen LogP contribution in [0.1, 0.15) is 92.4 Å². The third kappa shape index (κ3) is 4.26. The number of Topliss-reactive ketones (excluding diaryl/α,β-unsaturated/α-hetero) is 1. The minimum Gasteiger partial charge on any atom is -0.462 e. The maximum Gasteiger partial charge on any atom is 0.302 e. The second-order valence-corrected chi connectivity index (χ2v) is 12.3. The van der Waals surface area contributed by atoms with Crippen LogP contribution in [0.25, 0.3) is 0 Å². The molecule has 0 amide bonds. The van der Waals surface area contributed by atoms with Gasteiger partial charge in [-0.2, -0.15) is 0 Å². The first-order chi connectivity index (χ1) is 15.5. The van der Waals surface area contributed by atoms with Gasteiger partial charge < -0.3 is 9.84 Å². The molecule has 8 atom stereocenters. The number of fused-ring (bicyclic) bond motifs is 5. The lowest BCUT2D eigenvalue weighted by Crippen LogP contribution is -2.51. The van der Waals surface area contributed by atoms with Gasteiger partial charge in [0.25, 0.3) is 0 Å². The molecule has 184 valence electrons. The van der Waals surface area contributed by atoms with Gasteiger partial charge in [-0.25, -0.2) is 0 Å². The number of carbonyl (C=O) groups excluding carboxylic acids is 2. The fourth-order valence-corrected chi connectivity index (χ4v) is 8.36. The molecular weight excluding hydrogens is 412 g/mol. The molecule has 4 rings (SSSR count). The maximum absolute atomic E-state index is 12.2. The number of aliphatic hydroxyl groups excluding tert-OH is 1. The lowest BCUT2D eigenvalue weighted by molar-refractivity contribution is -0.148. The van der Waals surface area contributed by atoms with Gasteiger partial charge in [-0.3, -0.25) is 9.59 Å². The Morgan fingerprint density at radius 2 is 1.88 bits per heavy atom. The minimum atomic E-state index is -0.717. The Balaban J connectivity index is 1.50. The predicted molar refractivity (Wildman–Crippen MR) is 130 cm³/mol. The Morgan fingerprint density at radius 1 is 1.15 bits per heavy atom. The molecular formula is C29H44O4. The van der Waals surface area contributed by atoms with Crippen LogP contribution in [0.4, 0.5) is 0 Å². The molecule has 0 saturated heterocycles. The van der Waals surface area contributed by atoms with Gasteiger partial charge in [0.05, 0.1) is 6.10 Å². The fraction of sp³-hybridized carbons (Fsp3) is 0.793. The lowest BCUT2D eigenvalue weighted by atomic mass is 9.47. The molecule has 1 N–H and O–H groups in total. The normalized spacial score (nSPS) is 40.8. The average molecular weight is 457 g/mol. The van der Waals surface area contributed by atoms with Crippen LogP contribution in [0.3, 0.4) is 0 Å². The van der Waals surface area contributed by atoms with E-state index in [4.69, 9.17) is 4.74 Å². The minimum absolute atomic E-state index is 0.0430. The molecule has 1 unspecified atom stereocenters. The van der Waals surface area contributed by atoms with Crippen molar-refractivity contribution in [2.75, 3.05) is 0 Å². The molecule has 0 bridgehead atoms. The number of esters is 1. The van der Waals surface area contributed by atoms with Crippen LogP contribution in [0.2, 0.25) is 0 Å². The van der Waals surface area contributed by atoms with E-state index in [1.54, 1.807) is 0 Å². The first-order valence-corrected chi connectivity index (χ1v) is 13.2. The highest BCUT2D eigenvalue weighted by Gasteiger charge is 2.59. The van der Waals surface area contributed by atoms with Gasteiger partial charge >= 0.3 is 5.97 Å². The summed E-state index contributed by atoms with van der Waals surface area (Å²) < 4.78 is 5.57. The van der Waals surface area contributed by atoms with Gasteiger partial charge in [0.2, 0.25) is 0 Å². The summed E-state index contributed by atoms with van der Waals surface area (Å²) in [6.45, 7) is 14.6. The summed E-state index contributed by atoms with van der Waals surface area (Å²) in [6.07, 6.45) is 10.8. The Bertz CT molecular complexity index is 841. The molecule has 0 aliphatic heterocycles. The number of aliphatic hydroxyl groups is 1. The Hall–Kier alpha value is -1.42. The van der Waals surface area contributed by atoms with Gasteiger partial charge in [0.15, 0.2) is 0 Å². The summed E-state index contributed by atoms with van der Waals surface area (Å²) in [5, 5.41) is 10.9. The van der Waals surface area contributed by atoms with Gasteiger partial charge in [-0.15, -0.1) is 0 Å². The van der Waals surface area contributed by atoms with Crippen molar-refractivity contribution >= 4 is 11.8 Å². The van der Waals surface area contributed by atoms with Gasteiger partial charge in [0, 0.05) is 25.7 Å². The van der Waals surface area contributed by atoms with Crippen molar-refractivity contribution in [2.24, 2.45) is 40.4 Å². The summed E-state index contributed by atoms with van der Waals surface area (Å²) >= 11 is 0. The predicted octanol–water partition coefficient (Wildman–Crippen LogP) is 6.03. The number of allylic oxidation sites excluding steroid dienone is 1. The fourth-order valence-electron chi connectivity index (χ4n) is 8.36. The molecule has 3 fully saturated rings. The Kier molecular flexibility index (Phi) is 6.72. The third-order valence-electron chi connectivity index (χ3n) is 10.3. The van der Waals surface area contributed by atoms with E-state index in [-0.39, 0.29) is 41.0 Å². The molecule has 0 radical (unpaired) electrons. The van der Waals surface area contributed by atoms with Crippen molar-refractivity contribution in [2.45, 2.75) is 105 Å². The zero-order valence-electron chi connectivity index (χ0n) is 21.4. The van der Waals surface area contributed by atoms with Gasteiger partial charge in [-0.05, 0) is 85.0 Å².